The lowest BCUT2D eigenvalue weighted by atomic mass is 9.98. The topological polar surface area (TPSA) is 122 Å². The van der Waals surface area contributed by atoms with Gasteiger partial charge in [0.05, 0.1) is 17.8 Å². The third-order valence-electron chi connectivity index (χ3n) is 4.94. The molecule has 3 aromatic rings. The summed E-state index contributed by atoms with van der Waals surface area (Å²) in [6.07, 6.45) is 5.71. The second-order valence-corrected chi connectivity index (χ2v) is 9.58. The third-order valence-corrected chi connectivity index (χ3v) is 6.91. The number of carbonyl (C=O) groups excluding carboxylic acids is 1. The molecule has 2 amide bonds. The average molecular weight is 479 g/mol. The van der Waals surface area contributed by atoms with Crippen LogP contribution in [0.1, 0.15) is 17.5 Å². The number of aryl methyl sites for hydroxylation is 1. The average Bonchev–Trinajstić information content (AvgIpc) is 3.34. The number of anilines is 1. The van der Waals surface area contributed by atoms with Crippen LogP contribution in [-0.4, -0.2) is 31.9 Å². The van der Waals surface area contributed by atoms with Gasteiger partial charge in [-0.15, -0.1) is 0 Å². The summed E-state index contributed by atoms with van der Waals surface area (Å²) < 4.78 is 29.6. The van der Waals surface area contributed by atoms with Crippen molar-refractivity contribution >= 4 is 42.6 Å². The Morgan fingerprint density at radius 2 is 2.16 bits per heavy atom. The van der Waals surface area contributed by atoms with E-state index in [2.05, 4.69) is 29.5 Å². The molecule has 31 heavy (non-hydrogen) atoms. The van der Waals surface area contributed by atoms with Crippen molar-refractivity contribution in [1.29, 1.82) is 4.78 Å². The Kier molecular flexibility index (Phi) is 5.88. The van der Waals surface area contributed by atoms with Gasteiger partial charge in [0.25, 0.3) is 0 Å². The van der Waals surface area contributed by atoms with Crippen LogP contribution >= 0.6 is 21.0 Å². The zero-order valence-electron chi connectivity index (χ0n) is 16.5. The molecule has 1 aliphatic rings. The molecule has 0 radical (unpaired) electrons. The van der Waals surface area contributed by atoms with Crippen molar-refractivity contribution in [3.05, 3.63) is 52.8 Å². The summed E-state index contributed by atoms with van der Waals surface area (Å²) in [5.41, 5.74) is 4.37. The number of nitrogens with zero attached hydrogens (tertiary/aromatic N) is 3. The highest BCUT2D eigenvalue weighted by Crippen LogP contribution is 2.38. The van der Waals surface area contributed by atoms with Crippen molar-refractivity contribution in [2.45, 2.75) is 24.3 Å². The van der Waals surface area contributed by atoms with E-state index in [0.29, 0.717) is 11.6 Å². The van der Waals surface area contributed by atoms with E-state index in [1.165, 1.54) is 17.8 Å². The fourth-order valence-electron chi connectivity index (χ4n) is 3.60. The van der Waals surface area contributed by atoms with Gasteiger partial charge in [-0.3, -0.25) is 4.45 Å². The molecule has 2 aromatic heterocycles. The van der Waals surface area contributed by atoms with E-state index in [1.807, 2.05) is 18.2 Å². The predicted molar refractivity (Wildman–Crippen MR) is 122 cm³/mol. The lowest BCUT2D eigenvalue weighted by Crippen LogP contribution is -2.34. The second-order valence-electron chi connectivity index (χ2n) is 6.94. The van der Waals surface area contributed by atoms with E-state index in [-0.39, 0.29) is 10.0 Å². The highest BCUT2D eigenvalue weighted by Gasteiger charge is 2.24. The molecule has 12 heteroatoms. The van der Waals surface area contributed by atoms with E-state index in [1.54, 1.807) is 12.3 Å². The van der Waals surface area contributed by atoms with E-state index in [4.69, 9.17) is 21.1 Å². The normalized spacial score (nSPS) is 14.5. The summed E-state index contributed by atoms with van der Waals surface area (Å²) in [6.45, 7) is 0. The lowest BCUT2D eigenvalue weighted by Gasteiger charge is -2.17. The van der Waals surface area contributed by atoms with Crippen molar-refractivity contribution in [1.82, 2.24) is 19.3 Å². The minimum atomic E-state index is -3.76. The Balaban J connectivity index is 1.68. The fraction of sp³-hybridized carbons (Fsp3) is 0.211. The molecule has 1 aliphatic carbocycles. The minimum Gasteiger partial charge on any atom is -0.481 e. The molecule has 2 atom stereocenters. The highest BCUT2D eigenvalue weighted by molar-refractivity contribution is 7.91. The van der Waals surface area contributed by atoms with E-state index < -0.39 is 15.9 Å². The van der Waals surface area contributed by atoms with Gasteiger partial charge in [-0.05, 0) is 51.4 Å². The van der Waals surface area contributed by atoms with Crippen LogP contribution in [-0.2, 0) is 22.8 Å². The standard InChI is InChI=1S/C19H20ClN6O3PS/c1-29-16-9-12(7-8-22-16)14-6-5-11-3-2-4-13(11)17(14)23-19(27)25-31(21,28)18-15(20)10-26(30)24-18/h5-10H,2-4,30H2,1H3,(H3,21,23,25,27,28). The Morgan fingerprint density at radius 1 is 1.35 bits per heavy atom. The summed E-state index contributed by atoms with van der Waals surface area (Å²) >= 11 is 6.00. The molecule has 1 aromatic carbocycles. The number of rotatable bonds is 5. The minimum absolute atomic E-state index is 0.0282. The smallest absolute Gasteiger partial charge is 0.332 e. The molecular formula is C19H20ClN6O3PS. The van der Waals surface area contributed by atoms with Gasteiger partial charge in [0.15, 0.2) is 14.9 Å². The first kappa shape index (κ1) is 21.5. The van der Waals surface area contributed by atoms with Crippen LogP contribution in [0.5, 0.6) is 5.88 Å². The first-order valence-corrected chi connectivity index (χ1v) is 11.8. The van der Waals surface area contributed by atoms with Crippen LogP contribution in [0.15, 0.2) is 41.7 Å². The van der Waals surface area contributed by atoms with Crippen molar-refractivity contribution in [2.75, 3.05) is 12.4 Å². The first-order valence-electron chi connectivity index (χ1n) is 9.31. The van der Waals surface area contributed by atoms with Gasteiger partial charge < -0.3 is 10.1 Å². The van der Waals surface area contributed by atoms with Gasteiger partial charge >= 0.3 is 6.03 Å². The molecule has 0 bridgehead atoms. The van der Waals surface area contributed by atoms with Gasteiger partial charge in [0.1, 0.15) is 0 Å². The monoisotopic (exact) mass is 478 g/mol. The summed E-state index contributed by atoms with van der Waals surface area (Å²) in [5.74, 6) is 0.449. The van der Waals surface area contributed by atoms with Gasteiger partial charge in [0.2, 0.25) is 5.88 Å². The van der Waals surface area contributed by atoms with Crippen LogP contribution in [0.3, 0.4) is 0 Å². The number of ether oxygens (including phenoxy) is 1. The molecule has 4 rings (SSSR count). The van der Waals surface area contributed by atoms with Crippen LogP contribution in [0, 0.1) is 4.78 Å². The van der Waals surface area contributed by atoms with E-state index in [0.717, 1.165) is 41.5 Å². The number of methoxy groups -OCH3 is 1. The number of pyridine rings is 1. The van der Waals surface area contributed by atoms with Crippen LogP contribution < -0.4 is 14.8 Å². The van der Waals surface area contributed by atoms with E-state index >= 15 is 0 Å². The number of halogens is 1. The molecule has 0 saturated heterocycles. The Labute approximate surface area is 186 Å². The lowest BCUT2D eigenvalue weighted by molar-refractivity contribution is 0.256. The number of nitrogens with one attached hydrogen (secondary N) is 3. The molecule has 162 valence electrons. The number of hydrogen-bond acceptors (Lipinski definition) is 6. The molecule has 0 aliphatic heterocycles. The Hall–Kier alpha value is -2.68. The van der Waals surface area contributed by atoms with E-state index in [9.17, 15) is 9.00 Å². The molecule has 0 spiro atoms. The van der Waals surface area contributed by atoms with Crippen LogP contribution in [0.25, 0.3) is 11.1 Å². The number of urea groups is 1. The summed E-state index contributed by atoms with van der Waals surface area (Å²) in [7, 11) is 0.0114. The third kappa shape index (κ3) is 4.37. The second kappa shape index (κ2) is 8.45. The quantitative estimate of drug-likeness (QED) is 0.480. The summed E-state index contributed by atoms with van der Waals surface area (Å²) in [5, 5.41) is 6.53. The molecule has 3 N–H and O–H groups in total. The molecular weight excluding hydrogens is 459 g/mol. The molecule has 2 heterocycles. The van der Waals surface area contributed by atoms with Crippen molar-refractivity contribution < 1.29 is 13.7 Å². The zero-order valence-corrected chi connectivity index (χ0v) is 19.2. The molecule has 2 unspecified atom stereocenters. The summed E-state index contributed by atoms with van der Waals surface area (Å²) in [4.78, 5) is 16.9. The highest BCUT2D eigenvalue weighted by atomic mass is 35.5. The van der Waals surface area contributed by atoms with Crippen LogP contribution in [0.4, 0.5) is 10.5 Å². The molecule has 9 nitrogen and oxygen atoms in total. The maximum atomic E-state index is 12.8. The van der Waals surface area contributed by atoms with Crippen molar-refractivity contribution in [3.63, 3.8) is 0 Å². The molecule has 0 saturated carbocycles. The number of hydrogen-bond donors (Lipinski definition) is 3. The summed E-state index contributed by atoms with van der Waals surface area (Å²) in [6, 6.07) is 6.79. The first-order chi connectivity index (χ1) is 14.8. The van der Waals surface area contributed by atoms with Crippen molar-refractivity contribution in [2.24, 2.45) is 0 Å². The maximum Gasteiger partial charge on any atom is 0.332 e. The van der Waals surface area contributed by atoms with Gasteiger partial charge in [0, 0.05) is 24.0 Å². The Morgan fingerprint density at radius 3 is 2.87 bits per heavy atom. The van der Waals surface area contributed by atoms with Gasteiger partial charge in [-0.1, -0.05) is 23.7 Å². The largest absolute Gasteiger partial charge is 0.481 e. The predicted octanol–water partition coefficient (Wildman–Crippen LogP) is 3.88. The number of fused-ring (bicyclic) bond motifs is 1. The number of aromatic nitrogens is 3. The number of benzene rings is 1. The SMILES string of the molecule is COc1cc(-c2ccc3c(c2NC(=O)NS(=N)(=O)c2nn(P)cc2Cl)CCC3)ccn1. The number of carbonyl (C=O) groups is 1. The Bertz CT molecular complexity index is 1280. The van der Waals surface area contributed by atoms with Gasteiger partial charge in [-0.2, -0.15) is 5.10 Å². The van der Waals surface area contributed by atoms with Crippen LogP contribution in [0.2, 0.25) is 5.02 Å². The van der Waals surface area contributed by atoms with Crippen molar-refractivity contribution in [3.8, 4) is 17.0 Å². The molecule has 0 fully saturated rings. The fourth-order valence-corrected chi connectivity index (χ4v) is 5.46. The van der Waals surface area contributed by atoms with Gasteiger partial charge in [-0.25, -0.2) is 23.5 Å². The maximum absolute atomic E-state index is 12.8. The number of amides is 2. The zero-order chi connectivity index (χ0) is 22.2.